The number of carbonyl (C=O) groups excluding carboxylic acids is 2. The van der Waals surface area contributed by atoms with Gasteiger partial charge in [0.1, 0.15) is 6.04 Å². The molecule has 3 heterocycles. The van der Waals surface area contributed by atoms with E-state index in [-0.39, 0.29) is 24.0 Å². The summed E-state index contributed by atoms with van der Waals surface area (Å²) in [5.41, 5.74) is 1.09. The van der Waals surface area contributed by atoms with Gasteiger partial charge >= 0.3 is 6.03 Å². The molecule has 1 aromatic rings. The third kappa shape index (κ3) is 2.07. The van der Waals surface area contributed by atoms with Crippen molar-refractivity contribution in [2.45, 2.75) is 31.3 Å². The van der Waals surface area contributed by atoms with Crippen LogP contribution in [0.4, 0.5) is 10.5 Å². The van der Waals surface area contributed by atoms with Crippen molar-refractivity contribution < 1.29 is 9.59 Å². The van der Waals surface area contributed by atoms with E-state index in [1.807, 2.05) is 24.3 Å². The lowest BCUT2D eigenvalue weighted by Crippen LogP contribution is -2.43. The number of urea groups is 1. The van der Waals surface area contributed by atoms with Gasteiger partial charge in [-0.1, -0.05) is 11.6 Å². The maximum atomic E-state index is 12.5. The highest BCUT2D eigenvalue weighted by Crippen LogP contribution is 2.32. The normalized spacial score (nSPS) is 28.0. The summed E-state index contributed by atoms with van der Waals surface area (Å²) < 4.78 is 0. The minimum absolute atomic E-state index is 0.00505. The van der Waals surface area contributed by atoms with Crippen LogP contribution in [0.1, 0.15) is 19.3 Å². The Labute approximate surface area is 134 Å². The Morgan fingerprint density at radius 3 is 2.55 bits per heavy atom. The molecule has 0 N–H and O–H groups in total. The molecule has 22 heavy (non-hydrogen) atoms. The Hall–Kier alpha value is -1.75. The summed E-state index contributed by atoms with van der Waals surface area (Å²) in [5.74, 6) is 0.00505. The number of carbonyl (C=O) groups is 2. The SMILES string of the molecule is O=C1[C@@H]2CCCN2C(=O)N1[C@@H]1CCN(c2ccc(Cl)cc2)C1. The first-order valence-electron chi connectivity index (χ1n) is 7.79. The molecule has 0 unspecified atom stereocenters. The summed E-state index contributed by atoms with van der Waals surface area (Å²) in [6, 6.07) is 7.40. The lowest BCUT2D eigenvalue weighted by molar-refractivity contribution is -0.129. The van der Waals surface area contributed by atoms with Crippen molar-refractivity contribution in [1.29, 1.82) is 0 Å². The molecule has 0 aliphatic carbocycles. The van der Waals surface area contributed by atoms with Crippen LogP contribution in [-0.2, 0) is 4.79 Å². The predicted molar refractivity (Wildman–Crippen MR) is 84.0 cm³/mol. The topological polar surface area (TPSA) is 43.9 Å². The van der Waals surface area contributed by atoms with Crippen molar-refractivity contribution in [3.8, 4) is 0 Å². The fourth-order valence-corrected chi connectivity index (χ4v) is 3.95. The largest absolute Gasteiger partial charge is 0.369 e. The molecular weight excluding hydrogens is 302 g/mol. The van der Waals surface area contributed by atoms with Crippen LogP contribution < -0.4 is 4.90 Å². The minimum atomic E-state index is -0.197. The van der Waals surface area contributed by atoms with Gasteiger partial charge in [-0.05, 0) is 43.5 Å². The number of hydrogen-bond acceptors (Lipinski definition) is 3. The number of halogens is 1. The van der Waals surface area contributed by atoms with E-state index >= 15 is 0 Å². The van der Waals surface area contributed by atoms with Crippen LogP contribution in [-0.4, -0.2) is 53.5 Å². The van der Waals surface area contributed by atoms with E-state index in [1.54, 1.807) is 4.90 Å². The van der Waals surface area contributed by atoms with Gasteiger partial charge < -0.3 is 9.80 Å². The summed E-state index contributed by atoms with van der Waals surface area (Å²) in [6.07, 6.45) is 2.59. The fraction of sp³-hybridized carbons (Fsp3) is 0.500. The zero-order valence-corrected chi connectivity index (χ0v) is 13.0. The van der Waals surface area contributed by atoms with Gasteiger partial charge in [0.15, 0.2) is 0 Å². The Morgan fingerprint density at radius 2 is 1.82 bits per heavy atom. The molecule has 1 aromatic carbocycles. The van der Waals surface area contributed by atoms with Gasteiger partial charge in [-0.3, -0.25) is 9.69 Å². The molecule has 6 heteroatoms. The third-order valence-electron chi connectivity index (χ3n) is 4.95. The Kier molecular flexibility index (Phi) is 3.26. The fourth-order valence-electron chi connectivity index (χ4n) is 3.82. The van der Waals surface area contributed by atoms with E-state index in [0.717, 1.165) is 38.0 Å². The molecule has 0 saturated carbocycles. The number of imide groups is 1. The van der Waals surface area contributed by atoms with Crippen LogP contribution in [0.2, 0.25) is 5.02 Å². The van der Waals surface area contributed by atoms with E-state index in [0.29, 0.717) is 11.6 Å². The van der Waals surface area contributed by atoms with Gasteiger partial charge in [0.05, 0.1) is 6.04 Å². The van der Waals surface area contributed by atoms with E-state index in [9.17, 15) is 9.59 Å². The first-order valence-corrected chi connectivity index (χ1v) is 8.17. The summed E-state index contributed by atoms with van der Waals surface area (Å²) in [6.45, 7) is 2.28. The lowest BCUT2D eigenvalue weighted by Gasteiger charge is -2.24. The quantitative estimate of drug-likeness (QED) is 0.786. The number of rotatable bonds is 2. The second kappa shape index (κ2) is 5.16. The Balaban J connectivity index is 1.50. The van der Waals surface area contributed by atoms with E-state index in [2.05, 4.69) is 4.90 Å². The highest BCUT2D eigenvalue weighted by atomic mass is 35.5. The highest BCUT2D eigenvalue weighted by molar-refractivity contribution is 6.30. The molecule has 0 bridgehead atoms. The first kappa shape index (κ1) is 13.9. The van der Waals surface area contributed by atoms with Gasteiger partial charge in [0.25, 0.3) is 5.91 Å². The monoisotopic (exact) mass is 319 g/mol. The molecule has 5 nitrogen and oxygen atoms in total. The lowest BCUT2D eigenvalue weighted by atomic mass is 10.2. The summed E-state index contributed by atoms with van der Waals surface area (Å²) in [7, 11) is 0. The Bertz CT molecular complexity index is 596. The van der Waals surface area contributed by atoms with Crippen molar-refractivity contribution in [2.75, 3.05) is 24.5 Å². The van der Waals surface area contributed by atoms with E-state index in [4.69, 9.17) is 11.6 Å². The summed E-state index contributed by atoms with van der Waals surface area (Å²) in [5, 5.41) is 0.713. The molecule has 3 fully saturated rings. The minimum Gasteiger partial charge on any atom is -0.369 e. The van der Waals surface area contributed by atoms with Crippen molar-refractivity contribution in [1.82, 2.24) is 9.80 Å². The molecule has 2 atom stereocenters. The number of fused-ring (bicyclic) bond motifs is 1. The third-order valence-corrected chi connectivity index (χ3v) is 5.20. The van der Waals surface area contributed by atoms with Crippen LogP contribution in [0.3, 0.4) is 0 Å². The maximum Gasteiger partial charge on any atom is 0.327 e. The molecule has 3 aliphatic heterocycles. The first-order chi connectivity index (χ1) is 10.6. The molecule has 116 valence electrons. The van der Waals surface area contributed by atoms with Crippen LogP contribution in [0.15, 0.2) is 24.3 Å². The Morgan fingerprint density at radius 1 is 1.05 bits per heavy atom. The molecule has 3 aliphatic rings. The molecule has 0 spiro atoms. The standard InChI is InChI=1S/C16H18ClN3O2/c17-11-3-5-12(6-4-11)18-9-7-13(10-18)20-15(21)14-2-1-8-19(14)16(20)22/h3-6,13-14H,1-2,7-10H2/t13-,14+/m1/s1. The number of hydrogen-bond donors (Lipinski definition) is 0. The van der Waals surface area contributed by atoms with Crippen molar-refractivity contribution in [3.05, 3.63) is 29.3 Å². The van der Waals surface area contributed by atoms with Crippen LogP contribution in [0.5, 0.6) is 0 Å². The molecule has 0 radical (unpaired) electrons. The number of nitrogens with zero attached hydrogens (tertiary/aromatic N) is 3. The number of benzene rings is 1. The van der Waals surface area contributed by atoms with Crippen LogP contribution in [0, 0.1) is 0 Å². The van der Waals surface area contributed by atoms with Gasteiger partial charge in [-0.15, -0.1) is 0 Å². The van der Waals surface area contributed by atoms with E-state index < -0.39 is 0 Å². The van der Waals surface area contributed by atoms with E-state index in [1.165, 1.54) is 4.90 Å². The van der Waals surface area contributed by atoms with Crippen molar-refractivity contribution >= 4 is 29.2 Å². The molecule has 3 saturated heterocycles. The maximum absolute atomic E-state index is 12.5. The number of amides is 3. The second-order valence-electron chi connectivity index (χ2n) is 6.21. The van der Waals surface area contributed by atoms with Crippen LogP contribution in [0.25, 0.3) is 0 Å². The zero-order valence-electron chi connectivity index (χ0n) is 12.2. The predicted octanol–water partition coefficient (Wildman–Crippen LogP) is 2.35. The molecule has 3 amide bonds. The van der Waals surface area contributed by atoms with Crippen molar-refractivity contribution in [2.24, 2.45) is 0 Å². The highest BCUT2D eigenvalue weighted by Gasteiger charge is 2.50. The number of anilines is 1. The van der Waals surface area contributed by atoms with Crippen LogP contribution >= 0.6 is 11.6 Å². The molecular formula is C16H18ClN3O2. The smallest absolute Gasteiger partial charge is 0.327 e. The van der Waals surface area contributed by atoms with Gasteiger partial charge in [0.2, 0.25) is 0 Å². The van der Waals surface area contributed by atoms with Gasteiger partial charge in [-0.25, -0.2) is 4.79 Å². The van der Waals surface area contributed by atoms with Crippen molar-refractivity contribution in [3.63, 3.8) is 0 Å². The molecule has 0 aromatic heterocycles. The second-order valence-corrected chi connectivity index (χ2v) is 6.64. The van der Waals surface area contributed by atoms with Gasteiger partial charge in [-0.2, -0.15) is 0 Å². The average Bonchev–Trinajstić information content (AvgIpc) is 3.20. The molecule has 4 rings (SSSR count). The average molecular weight is 320 g/mol. The zero-order chi connectivity index (χ0) is 15.3. The van der Waals surface area contributed by atoms with Gasteiger partial charge in [0, 0.05) is 30.3 Å². The summed E-state index contributed by atoms with van der Waals surface area (Å²) in [4.78, 5) is 30.4. The summed E-state index contributed by atoms with van der Waals surface area (Å²) >= 11 is 5.92.